The van der Waals surface area contributed by atoms with Crippen LogP contribution in [0.2, 0.25) is 5.02 Å². The molecule has 3 aromatic rings. The average molecular weight is 366 g/mol. The Balaban J connectivity index is 1.93. The van der Waals surface area contributed by atoms with Crippen molar-refractivity contribution >= 4 is 35.2 Å². The summed E-state index contributed by atoms with van der Waals surface area (Å²) in [5, 5.41) is 11.0. The molecule has 1 aromatic heterocycles. The highest BCUT2D eigenvalue weighted by atomic mass is 35.5. The van der Waals surface area contributed by atoms with Crippen LogP contribution in [0, 0.1) is 0 Å². The zero-order valence-corrected chi connectivity index (χ0v) is 14.1. The number of hydrogen-bond donors (Lipinski definition) is 2. The zero-order valence-electron chi connectivity index (χ0n) is 13.3. The highest BCUT2D eigenvalue weighted by Gasteiger charge is 2.17. The van der Waals surface area contributed by atoms with Crippen molar-refractivity contribution in [3.8, 4) is 11.6 Å². The molecule has 1 aliphatic heterocycles. The van der Waals surface area contributed by atoms with Crippen LogP contribution in [0.3, 0.4) is 0 Å². The standard InChI is InChI=1S/C19H12ClN3O3/c20-12-4-3-5-13(9-12)23-18(25)15(17(24)22-19(23)26)8-11-10-21-16-7-2-1-6-14(11)16/h1-10,25H,(H,22,24,26). The Kier molecular flexibility index (Phi) is 3.82. The van der Waals surface area contributed by atoms with E-state index in [1.807, 2.05) is 24.3 Å². The van der Waals surface area contributed by atoms with E-state index in [0.717, 1.165) is 15.8 Å². The Morgan fingerprint density at radius 2 is 1.92 bits per heavy atom. The van der Waals surface area contributed by atoms with E-state index in [9.17, 15) is 14.7 Å². The summed E-state index contributed by atoms with van der Waals surface area (Å²) in [6.07, 6.45) is 3.11. The zero-order chi connectivity index (χ0) is 18.3. The first-order valence-electron chi connectivity index (χ1n) is 7.74. The molecule has 0 unspecified atom stereocenters. The maximum absolute atomic E-state index is 12.3. The van der Waals surface area contributed by atoms with E-state index in [4.69, 9.17) is 11.6 Å². The van der Waals surface area contributed by atoms with Crippen LogP contribution >= 0.6 is 11.6 Å². The monoisotopic (exact) mass is 365 g/mol. The van der Waals surface area contributed by atoms with Gasteiger partial charge in [-0.2, -0.15) is 0 Å². The van der Waals surface area contributed by atoms with E-state index in [1.165, 1.54) is 12.1 Å². The molecule has 2 N–H and O–H groups in total. The van der Waals surface area contributed by atoms with Crippen molar-refractivity contribution in [2.75, 3.05) is 0 Å². The molecule has 1 aliphatic rings. The third-order valence-electron chi connectivity index (χ3n) is 4.04. The summed E-state index contributed by atoms with van der Waals surface area (Å²) in [5.41, 5.74) is 1.15. The number of hydrogen-bond acceptors (Lipinski definition) is 4. The van der Waals surface area contributed by atoms with E-state index in [-0.39, 0.29) is 5.56 Å². The molecule has 0 bridgehead atoms. The topological polar surface area (TPSA) is 87.5 Å². The second-order valence-electron chi connectivity index (χ2n) is 5.69. The van der Waals surface area contributed by atoms with E-state index in [0.29, 0.717) is 16.3 Å². The fraction of sp³-hybridized carbons (Fsp3) is 0. The molecule has 2 aromatic carbocycles. The SMILES string of the molecule is O=c1[nH]c(=O)n(-c2cccc(Cl)c2)c(O)c1C=C1C=Nc2ccccc21. The van der Waals surface area contributed by atoms with Crippen LogP contribution in [-0.4, -0.2) is 20.9 Å². The van der Waals surface area contributed by atoms with Gasteiger partial charge in [-0.3, -0.25) is 14.8 Å². The molecule has 7 heteroatoms. The number of nitrogens with zero attached hydrogens (tertiary/aromatic N) is 2. The predicted molar refractivity (Wildman–Crippen MR) is 102 cm³/mol. The molecule has 0 aliphatic carbocycles. The summed E-state index contributed by atoms with van der Waals surface area (Å²) in [6, 6.07) is 13.9. The Morgan fingerprint density at radius 3 is 2.73 bits per heavy atom. The van der Waals surface area contributed by atoms with Gasteiger partial charge in [-0.1, -0.05) is 35.9 Å². The molecule has 0 amide bonds. The molecule has 4 rings (SSSR count). The second kappa shape index (κ2) is 6.16. The lowest BCUT2D eigenvalue weighted by Gasteiger charge is -2.10. The maximum atomic E-state index is 12.3. The summed E-state index contributed by atoms with van der Waals surface area (Å²) in [5.74, 6) is -0.466. The molecular formula is C19H12ClN3O3. The highest BCUT2D eigenvalue weighted by molar-refractivity contribution is 6.30. The Bertz CT molecular complexity index is 1210. The molecular weight excluding hydrogens is 354 g/mol. The van der Waals surface area contributed by atoms with Crippen LogP contribution in [-0.2, 0) is 0 Å². The van der Waals surface area contributed by atoms with Crippen molar-refractivity contribution < 1.29 is 5.11 Å². The quantitative estimate of drug-likeness (QED) is 0.731. The summed E-state index contributed by atoms with van der Waals surface area (Å²) < 4.78 is 0.998. The number of halogens is 1. The number of aromatic amines is 1. The lowest BCUT2D eigenvalue weighted by molar-refractivity contribution is 0.429. The van der Waals surface area contributed by atoms with Gasteiger partial charge >= 0.3 is 5.69 Å². The lowest BCUT2D eigenvalue weighted by Crippen LogP contribution is -2.30. The molecule has 26 heavy (non-hydrogen) atoms. The van der Waals surface area contributed by atoms with Crippen LogP contribution in [0.5, 0.6) is 5.88 Å². The van der Waals surface area contributed by atoms with Gasteiger partial charge in [-0.15, -0.1) is 0 Å². The van der Waals surface area contributed by atoms with Crippen LogP contribution in [0.25, 0.3) is 17.3 Å². The number of aromatic hydroxyl groups is 1. The van der Waals surface area contributed by atoms with Crippen molar-refractivity contribution in [1.29, 1.82) is 0 Å². The molecule has 0 radical (unpaired) electrons. The molecule has 0 saturated heterocycles. The Hall–Kier alpha value is -3.38. The lowest BCUT2D eigenvalue weighted by atomic mass is 10.1. The minimum absolute atomic E-state index is 0.0391. The van der Waals surface area contributed by atoms with Crippen LogP contribution in [0.15, 0.2) is 63.1 Å². The van der Waals surface area contributed by atoms with E-state index in [2.05, 4.69) is 9.98 Å². The third-order valence-corrected chi connectivity index (χ3v) is 4.28. The van der Waals surface area contributed by atoms with Crippen LogP contribution in [0.4, 0.5) is 5.69 Å². The first-order chi connectivity index (χ1) is 12.5. The summed E-state index contributed by atoms with van der Waals surface area (Å²) >= 11 is 5.97. The van der Waals surface area contributed by atoms with Crippen molar-refractivity contribution in [2.24, 2.45) is 4.99 Å². The van der Waals surface area contributed by atoms with Crippen molar-refractivity contribution in [3.63, 3.8) is 0 Å². The highest BCUT2D eigenvalue weighted by Crippen LogP contribution is 2.32. The van der Waals surface area contributed by atoms with Crippen molar-refractivity contribution in [1.82, 2.24) is 9.55 Å². The van der Waals surface area contributed by atoms with Gasteiger partial charge < -0.3 is 5.11 Å². The maximum Gasteiger partial charge on any atom is 0.335 e. The number of aromatic nitrogens is 2. The minimum atomic E-state index is -0.752. The van der Waals surface area contributed by atoms with Gasteiger partial charge in [0.05, 0.1) is 11.4 Å². The van der Waals surface area contributed by atoms with Crippen molar-refractivity contribution in [3.05, 3.63) is 85.5 Å². The number of benzene rings is 2. The largest absolute Gasteiger partial charge is 0.494 e. The number of nitrogens with one attached hydrogen (secondary N) is 1. The first-order valence-corrected chi connectivity index (χ1v) is 8.12. The third kappa shape index (κ3) is 2.66. The molecule has 0 atom stereocenters. The van der Waals surface area contributed by atoms with E-state index in [1.54, 1.807) is 24.4 Å². The van der Waals surface area contributed by atoms with Gasteiger partial charge in [0.25, 0.3) is 5.56 Å². The number of H-pyrrole nitrogens is 1. The molecule has 0 saturated carbocycles. The van der Waals surface area contributed by atoms with Gasteiger partial charge in [0, 0.05) is 22.4 Å². The number of aliphatic imine (C=N–C) groups is 1. The van der Waals surface area contributed by atoms with Crippen molar-refractivity contribution in [2.45, 2.75) is 0 Å². The Morgan fingerprint density at radius 1 is 1.12 bits per heavy atom. The number of fused-ring (bicyclic) bond motifs is 1. The Labute approximate surface area is 152 Å². The van der Waals surface area contributed by atoms with E-state index >= 15 is 0 Å². The summed E-state index contributed by atoms with van der Waals surface area (Å²) in [6.45, 7) is 0. The van der Waals surface area contributed by atoms with Crippen LogP contribution in [0.1, 0.15) is 11.1 Å². The van der Waals surface area contributed by atoms with E-state index < -0.39 is 17.1 Å². The molecule has 128 valence electrons. The minimum Gasteiger partial charge on any atom is -0.494 e. The number of para-hydroxylation sites is 1. The average Bonchev–Trinajstić information content (AvgIpc) is 3.01. The fourth-order valence-electron chi connectivity index (χ4n) is 2.83. The van der Waals surface area contributed by atoms with Gasteiger partial charge in [-0.25, -0.2) is 9.36 Å². The first kappa shape index (κ1) is 16.1. The normalized spacial score (nSPS) is 14.0. The smallest absolute Gasteiger partial charge is 0.335 e. The summed E-state index contributed by atoms with van der Waals surface area (Å²) in [4.78, 5) is 31.0. The second-order valence-corrected chi connectivity index (χ2v) is 6.12. The fourth-order valence-corrected chi connectivity index (χ4v) is 3.02. The van der Waals surface area contributed by atoms with Gasteiger partial charge in [-0.05, 0) is 30.3 Å². The predicted octanol–water partition coefficient (Wildman–Crippen LogP) is 3.14. The molecule has 0 spiro atoms. The molecule has 6 nitrogen and oxygen atoms in total. The summed E-state index contributed by atoms with van der Waals surface area (Å²) in [7, 11) is 0. The molecule has 0 fully saturated rings. The number of rotatable bonds is 2. The van der Waals surface area contributed by atoms with Gasteiger partial charge in [0.1, 0.15) is 5.56 Å². The molecule has 2 heterocycles. The van der Waals surface area contributed by atoms with Gasteiger partial charge in [0.2, 0.25) is 5.88 Å². The van der Waals surface area contributed by atoms with Gasteiger partial charge in [0.15, 0.2) is 0 Å². The van der Waals surface area contributed by atoms with Crippen LogP contribution < -0.4 is 11.2 Å². The number of allylic oxidation sites excluding steroid dienone is 1.